The Bertz CT molecular complexity index is 592. The van der Waals surface area contributed by atoms with E-state index in [-0.39, 0.29) is 10.6 Å². The van der Waals surface area contributed by atoms with Gasteiger partial charge in [0.15, 0.2) is 0 Å². The largest absolute Gasteiger partial charge is 0.380 e. The van der Waals surface area contributed by atoms with Crippen LogP contribution in [0.1, 0.15) is 12.5 Å². The van der Waals surface area contributed by atoms with Crippen LogP contribution in [0.4, 0.5) is 11.4 Å². The molecule has 0 aliphatic heterocycles. The SMILES string of the molecule is CCNc1ccc(CSc2ccncn2)cc1[N+](=O)[O-]. The molecular weight excluding hydrogens is 276 g/mol. The van der Waals surface area contributed by atoms with E-state index in [1.54, 1.807) is 18.3 Å². The Hall–Kier alpha value is -2.15. The number of aromatic nitrogens is 2. The van der Waals surface area contributed by atoms with Crippen molar-refractivity contribution in [3.05, 3.63) is 52.5 Å². The number of nitro groups is 1. The third-order valence-corrected chi connectivity index (χ3v) is 3.58. The van der Waals surface area contributed by atoms with Crippen LogP contribution in [0, 0.1) is 10.1 Å². The van der Waals surface area contributed by atoms with Gasteiger partial charge in [-0.2, -0.15) is 0 Å². The average molecular weight is 290 g/mol. The zero-order valence-electron chi connectivity index (χ0n) is 10.9. The topological polar surface area (TPSA) is 81.0 Å². The highest BCUT2D eigenvalue weighted by Gasteiger charge is 2.14. The molecule has 7 heteroatoms. The van der Waals surface area contributed by atoms with Crippen LogP contribution in [0.3, 0.4) is 0 Å². The predicted octanol–water partition coefficient (Wildman–Crippen LogP) is 3.11. The Kier molecular flexibility index (Phi) is 4.89. The lowest BCUT2D eigenvalue weighted by Gasteiger charge is -2.06. The first-order valence-corrected chi connectivity index (χ1v) is 7.09. The quantitative estimate of drug-likeness (QED) is 0.381. The monoisotopic (exact) mass is 290 g/mol. The molecule has 0 unspecified atom stereocenters. The highest BCUT2D eigenvalue weighted by Crippen LogP contribution is 2.28. The van der Waals surface area contributed by atoms with E-state index in [0.29, 0.717) is 18.0 Å². The zero-order chi connectivity index (χ0) is 14.4. The van der Waals surface area contributed by atoms with Crippen LogP contribution in [0.5, 0.6) is 0 Å². The second-order valence-corrected chi connectivity index (χ2v) is 4.97. The summed E-state index contributed by atoms with van der Waals surface area (Å²) in [5.74, 6) is 0.629. The van der Waals surface area contributed by atoms with Crippen molar-refractivity contribution in [1.82, 2.24) is 9.97 Å². The molecule has 0 bridgehead atoms. The van der Waals surface area contributed by atoms with Crippen molar-refractivity contribution in [2.45, 2.75) is 17.7 Å². The molecule has 0 spiro atoms. The van der Waals surface area contributed by atoms with Crippen LogP contribution in [-0.2, 0) is 5.75 Å². The van der Waals surface area contributed by atoms with Gasteiger partial charge in [0.25, 0.3) is 5.69 Å². The Balaban J connectivity index is 2.13. The number of anilines is 1. The van der Waals surface area contributed by atoms with Gasteiger partial charge >= 0.3 is 0 Å². The Labute approximate surface area is 120 Å². The molecule has 0 amide bonds. The van der Waals surface area contributed by atoms with Gasteiger partial charge in [0.2, 0.25) is 0 Å². The Morgan fingerprint density at radius 1 is 1.40 bits per heavy atom. The molecule has 0 aliphatic rings. The van der Waals surface area contributed by atoms with Crippen molar-refractivity contribution in [1.29, 1.82) is 0 Å². The van der Waals surface area contributed by atoms with E-state index in [4.69, 9.17) is 0 Å². The van der Waals surface area contributed by atoms with Crippen molar-refractivity contribution in [2.24, 2.45) is 0 Å². The van der Waals surface area contributed by atoms with Crippen LogP contribution in [0.2, 0.25) is 0 Å². The summed E-state index contributed by atoms with van der Waals surface area (Å²) in [5.41, 5.74) is 1.54. The summed E-state index contributed by atoms with van der Waals surface area (Å²) < 4.78 is 0. The third kappa shape index (κ3) is 3.67. The maximum absolute atomic E-state index is 11.1. The zero-order valence-corrected chi connectivity index (χ0v) is 11.8. The van der Waals surface area contributed by atoms with Crippen molar-refractivity contribution < 1.29 is 4.92 Å². The molecule has 0 fully saturated rings. The fraction of sp³-hybridized carbons (Fsp3) is 0.231. The van der Waals surface area contributed by atoms with E-state index in [1.165, 1.54) is 18.1 Å². The van der Waals surface area contributed by atoms with Gasteiger partial charge in [0.05, 0.1) is 9.95 Å². The van der Waals surface area contributed by atoms with E-state index < -0.39 is 0 Å². The summed E-state index contributed by atoms with van der Waals surface area (Å²) in [7, 11) is 0. The first kappa shape index (κ1) is 14.3. The van der Waals surface area contributed by atoms with Crippen molar-refractivity contribution in [3.8, 4) is 0 Å². The van der Waals surface area contributed by atoms with Gasteiger partial charge in [-0.15, -0.1) is 11.8 Å². The van der Waals surface area contributed by atoms with Gasteiger partial charge in [-0.05, 0) is 24.6 Å². The maximum atomic E-state index is 11.1. The number of nitrogens with zero attached hydrogens (tertiary/aromatic N) is 3. The lowest BCUT2D eigenvalue weighted by molar-refractivity contribution is -0.384. The summed E-state index contributed by atoms with van der Waals surface area (Å²) in [6, 6.07) is 7.05. The number of nitrogens with one attached hydrogen (secondary N) is 1. The molecule has 0 atom stereocenters. The summed E-state index contributed by atoms with van der Waals surface area (Å²) in [6.45, 7) is 2.55. The highest BCUT2D eigenvalue weighted by atomic mass is 32.2. The number of rotatable bonds is 6. The van der Waals surface area contributed by atoms with Crippen molar-refractivity contribution in [3.63, 3.8) is 0 Å². The number of hydrogen-bond acceptors (Lipinski definition) is 6. The van der Waals surface area contributed by atoms with E-state index >= 15 is 0 Å². The van der Waals surface area contributed by atoms with Crippen LogP contribution in [-0.4, -0.2) is 21.4 Å². The number of thioether (sulfide) groups is 1. The van der Waals surface area contributed by atoms with Gasteiger partial charge < -0.3 is 5.32 Å². The van der Waals surface area contributed by atoms with Crippen LogP contribution < -0.4 is 5.32 Å². The minimum atomic E-state index is -0.364. The van der Waals surface area contributed by atoms with E-state index in [2.05, 4.69) is 15.3 Å². The minimum Gasteiger partial charge on any atom is -0.380 e. The molecule has 2 aromatic rings. The normalized spacial score (nSPS) is 10.2. The second-order valence-electron chi connectivity index (χ2n) is 3.98. The Morgan fingerprint density at radius 2 is 2.25 bits per heavy atom. The maximum Gasteiger partial charge on any atom is 0.292 e. The predicted molar refractivity (Wildman–Crippen MR) is 78.9 cm³/mol. The van der Waals surface area contributed by atoms with Gasteiger partial charge in [-0.25, -0.2) is 9.97 Å². The molecule has 6 nitrogen and oxygen atoms in total. The van der Waals surface area contributed by atoms with E-state index in [0.717, 1.165) is 10.6 Å². The standard InChI is InChI=1S/C13H14N4O2S/c1-2-15-11-4-3-10(7-12(11)17(18)19)8-20-13-5-6-14-9-16-13/h3-7,9,15H,2,8H2,1H3. The molecule has 0 saturated heterocycles. The number of hydrogen-bond donors (Lipinski definition) is 1. The van der Waals surface area contributed by atoms with E-state index in [9.17, 15) is 10.1 Å². The van der Waals surface area contributed by atoms with E-state index in [1.807, 2.05) is 19.1 Å². The molecule has 1 N–H and O–H groups in total. The molecule has 1 heterocycles. The van der Waals surface area contributed by atoms with Crippen LogP contribution in [0.25, 0.3) is 0 Å². The number of benzene rings is 1. The lowest BCUT2D eigenvalue weighted by Crippen LogP contribution is -2.01. The van der Waals surface area contributed by atoms with Crippen molar-refractivity contribution in [2.75, 3.05) is 11.9 Å². The third-order valence-electron chi connectivity index (χ3n) is 2.57. The molecule has 2 rings (SSSR count). The molecule has 1 aromatic carbocycles. The van der Waals surface area contributed by atoms with Gasteiger partial charge in [-0.1, -0.05) is 6.07 Å². The fourth-order valence-corrected chi connectivity index (χ4v) is 2.45. The van der Waals surface area contributed by atoms with Crippen LogP contribution >= 0.6 is 11.8 Å². The first-order valence-electron chi connectivity index (χ1n) is 6.10. The first-order chi connectivity index (χ1) is 9.70. The smallest absolute Gasteiger partial charge is 0.292 e. The van der Waals surface area contributed by atoms with Crippen LogP contribution in [0.15, 0.2) is 41.8 Å². The highest BCUT2D eigenvalue weighted by molar-refractivity contribution is 7.98. The molecule has 0 radical (unpaired) electrons. The van der Waals surface area contributed by atoms with Crippen molar-refractivity contribution >= 4 is 23.1 Å². The second kappa shape index (κ2) is 6.85. The lowest BCUT2D eigenvalue weighted by atomic mass is 10.2. The molecule has 1 aromatic heterocycles. The Morgan fingerprint density at radius 3 is 2.90 bits per heavy atom. The van der Waals surface area contributed by atoms with Gasteiger partial charge in [-0.3, -0.25) is 10.1 Å². The molecular formula is C13H14N4O2S. The fourth-order valence-electron chi connectivity index (χ4n) is 1.68. The van der Waals surface area contributed by atoms with Gasteiger partial charge in [0, 0.05) is 24.6 Å². The summed E-state index contributed by atoms with van der Waals surface area (Å²) >= 11 is 1.52. The van der Waals surface area contributed by atoms with Gasteiger partial charge in [0.1, 0.15) is 12.0 Å². The summed E-state index contributed by atoms with van der Waals surface area (Å²) in [4.78, 5) is 18.6. The average Bonchev–Trinajstić information content (AvgIpc) is 2.47. The molecule has 0 aliphatic carbocycles. The minimum absolute atomic E-state index is 0.104. The molecule has 104 valence electrons. The summed E-state index contributed by atoms with van der Waals surface area (Å²) in [6.07, 6.45) is 3.16. The summed E-state index contributed by atoms with van der Waals surface area (Å²) in [5, 5.41) is 14.9. The molecule has 0 saturated carbocycles. The molecule has 20 heavy (non-hydrogen) atoms. The number of nitro benzene ring substituents is 1.